The number of rotatable bonds is 8. The van der Waals surface area contributed by atoms with Crippen molar-refractivity contribution < 1.29 is 9.53 Å². The maximum Gasteiger partial charge on any atom is 0.220 e. The molecule has 17 heavy (non-hydrogen) atoms. The molecule has 3 heteroatoms. The molecule has 0 unspecified atom stereocenters. The van der Waals surface area contributed by atoms with E-state index in [0.717, 1.165) is 19.3 Å². The Kier molecular flexibility index (Phi) is 7.07. The molecule has 0 radical (unpaired) electrons. The summed E-state index contributed by atoms with van der Waals surface area (Å²) < 4.78 is 4.86. The van der Waals surface area contributed by atoms with Crippen molar-refractivity contribution in [2.45, 2.75) is 25.7 Å². The molecule has 0 atom stereocenters. The van der Waals surface area contributed by atoms with Crippen LogP contribution in [0.25, 0.3) is 0 Å². The lowest BCUT2D eigenvalue weighted by Crippen LogP contribution is -2.26. The van der Waals surface area contributed by atoms with E-state index in [-0.39, 0.29) is 5.91 Å². The average Bonchev–Trinajstić information content (AvgIpc) is 2.36. The number of amides is 1. The zero-order valence-electron chi connectivity index (χ0n) is 10.4. The highest BCUT2D eigenvalue weighted by atomic mass is 16.5. The molecule has 0 aliphatic heterocycles. The first kappa shape index (κ1) is 13.7. The molecule has 3 nitrogen and oxygen atoms in total. The predicted molar refractivity (Wildman–Crippen MR) is 68.9 cm³/mol. The lowest BCUT2D eigenvalue weighted by molar-refractivity contribution is -0.121. The largest absolute Gasteiger partial charge is 0.383 e. The van der Waals surface area contributed by atoms with Crippen molar-refractivity contribution in [2.24, 2.45) is 0 Å². The van der Waals surface area contributed by atoms with Crippen LogP contribution >= 0.6 is 0 Å². The molecule has 0 saturated heterocycles. The number of benzene rings is 1. The number of carbonyl (C=O) groups excluding carboxylic acids is 1. The van der Waals surface area contributed by atoms with E-state index in [9.17, 15) is 4.79 Å². The monoisotopic (exact) mass is 235 g/mol. The maximum atomic E-state index is 11.4. The Morgan fingerprint density at radius 3 is 2.71 bits per heavy atom. The van der Waals surface area contributed by atoms with E-state index in [1.807, 2.05) is 18.2 Å². The fourth-order valence-electron chi connectivity index (χ4n) is 1.64. The van der Waals surface area contributed by atoms with E-state index in [2.05, 4.69) is 17.4 Å². The number of unbranched alkanes of at least 4 members (excludes halogenated alkanes) is 1. The predicted octanol–water partition coefficient (Wildman–Crippen LogP) is 2.16. The molecule has 1 amide bonds. The van der Waals surface area contributed by atoms with Crippen LogP contribution in [0.3, 0.4) is 0 Å². The first-order valence-electron chi connectivity index (χ1n) is 6.12. The summed E-state index contributed by atoms with van der Waals surface area (Å²) in [7, 11) is 1.63. The minimum Gasteiger partial charge on any atom is -0.383 e. The Bertz CT molecular complexity index is 311. The molecule has 1 aromatic carbocycles. The molecular weight excluding hydrogens is 214 g/mol. The number of carbonyl (C=O) groups is 1. The van der Waals surface area contributed by atoms with Crippen LogP contribution in [0.15, 0.2) is 30.3 Å². The van der Waals surface area contributed by atoms with E-state index in [4.69, 9.17) is 4.74 Å². The fraction of sp³-hybridized carbons (Fsp3) is 0.500. The molecule has 0 spiro atoms. The summed E-state index contributed by atoms with van der Waals surface area (Å²) in [6.07, 6.45) is 3.65. The number of hydrogen-bond acceptors (Lipinski definition) is 2. The van der Waals surface area contributed by atoms with Crippen molar-refractivity contribution >= 4 is 5.91 Å². The molecular formula is C14H21NO2. The quantitative estimate of drug-likeness (QED) is 0.701. The van der Waals surface area contributed by atoms with Gasteiger partial charge in [0.15, 0.2) is 0 Å². The summed E-state index contributed by atoms with van der Waals surface area (Å²) in [5.74, 6) is 0.120. The number of hydrogen-bond donors (Lipinski definition) is 1. The number of nitrogens with one attached hydrogen (secondary N) is 1. The Morgan fingerprint density at radius 1 is 1.24 bits per heavy atom. The third kappa shape index (κ3) is 6.74. The van der Waals surface area contributed by atoms with Crippen LogP contribution in [-0.2, 0) is 16.0 Å². The van der Waals surface area contributed by atoms with Crippen LogP contribution in [0.1, 0.15) is 24.8 Å². The molecule has 0 aliphatic carbocycles. The van der Waals surface area contributed by atoms with Gasteiger partial charge in [0, 0.05) is 20.1 Å². The smallest absolute Gasteiger partial charge is 0.220 e. The standard InChI is InChI=1S/C14H21NO2/c1-17-12-11-15-14(16)10-6-5-9-13-7-3-2-4-8-13/h2-4,7-8H,5-6,9-12H2,1H3,(H,15,16). The second-order valence-electron chi connectivity index (χ2n) is 4.04. The van der Waals surface area contributed by atoms with Crippen LogP contribution in [0.4, 0.5) is 0 Å². The molecule has 1 aromatic rings. The first-order chi connectivity index (χ1) is 8.33. The number of ether oxygens (including phenoxy) is 1. The molecule has 0 saturated carbocycles. The second kappa shape index (κ2) is 8.76. The topological polar surface area (TPSA) is 38.3 Å². The van der Waals surface area contributed by atoms with Gasteiger partial charge in [0.25, 0.3) is 0 Å². The van der Waals surface area contributed by atoms with Crippen molar-refractivity contribution in [3.63, 3.8) is 0 Å². The van der Waals surface area contributed by atoms with E-state index < -0.39 is 0 Å². The van der Waals surface area contributed by atoms with Crippen molar-refractivity contribution in [1.82, 2.24) is 5.32 Å². The lowest BCUT2D eigenvalue weighted by atomic mass is 10.1. The maximum absolute atomic E-state index is 11.4. The zero-order chi connectivity index (χ0) is 12.3. The van der Waals surface area contributed by atoms with Gasteiger partial charge in [0.05, 0.1) is 6.61 Å². The van der Waals surface area contributed by atoms with Crippen LogP contribution in [0, 0.1) is 0 Å². The second-order valence-corrected chi connectivity index (χ2v) is 4.04. The van der Waals surface area contributed by atoms with Gasteiger partial charge in [-0.1, -0.05) is 30.3 Å². The van der Waals surface area contributed by atoms with Gasteiger partial charge < -0.3 is 10.1 Å². The molecule has 0 bridgehead atoms. The highest BCUT2D eigenvalue weighted by molar-refractivity contribution is 5.75. The highest BCUT2D eigenvalue weighted by Gasteiger charge is 2.00. The Hall–Kier alpha value is -1.35. The van der Waals surface area contributed by atoms with Gasteiger partial charge in [-0.25, -0.2) is 0 Å². The molecule has 1 N–H and O–H groups in total. The number of methoxy groups -OCH3 is 1. The fourth-order valence-corrected chi connectivity index (χ4v) is 1.64. The van der Waals surface area contributed by atoms with Crippen molar-refractivity contribution in [1.29, 1.82) is 0 Å². The van der Waals surface area contributed by atoms with Gasteiger partial charge in [-0.2, -0.15) is 0 Å². The van der Waals surface area contributed by atoms with Gasteiger partial charge in [0.2, 0.25) is 5.91 Å². The third-order valence-corrected chi connectivity index (χ3v) is 2.59. The van der Waals surface area contributed by atoms with E-state index >= 15 is 0 Å². The molecule has 1 rings (SSSR count). The summed E-state index contributed by atoms with van der Waals surface area (Å²) in [5.41, 5.74) is 1.34. The molecule has 0 aromatic heterocycles. The van der Waals surface area contributed by atoms with E-state index in [0.29, 0.717) is 19.6 Å². The minimum absolute atomic E-state index is 0.120. The summed E-state index contributed by atoms with van der Waals surface area (Å²) in [6, 6.07) is 10.4. The van der Waals surface area contributed by atoms with Crippen molar-refractivity contribution in [3.8, 4) is 0 Å². The van der Waals surface area contributed by atoms with Crippen LogP contribution in [0.5, 0.6) is 0 Å². The van der Waals surface area contributed by atoms with Gasteiger partial charge in [-0.05, 0) is 24.8 Å². The van der Waals surface area contributed by atoms with Crippen LogP contribution in [0.2, 0.25) is 0 Å². The van der Waals surface area contributed by atoms with Gasteiger partial charge >= 0.3 is 0 Å². The average molecular weight is 235 g/mol. The third-order valence-electron chi connectivity index (χ3n) is 2.59. The highest BCUT2D eigenvalue weighted by Crippen LogP contribution is 2.05. The van der Waals surface area contributed by atoms with Gasteiger partial charge in [-0.15, -0.1) is 0 Å². The summed E-state index contributed by atoms with van der Waals surface area (Å²) in [4.78, 5) is 11.4. The minimum atomic E-state index is 0.120. The van der Waals surface area contributed by atoms with Crippen LogP contribution < -0.4 is 5.32 Å². The SMILES string of the molecule is COCCNC(=O)CCCCc1ccccc1. The van der Waals surface area contributed by atoms with Crippen molar-refractivity contribution in [2.75, 3.05) is 20.3 Å². The van der Waals surface area contributed by atoms with Crippen LogP contribution in [-0.4, -0.2) is 26.2 Å². The Labute approximate surface area is 103 Å². The van der Waals surface area contributed by atoms with E-state index in [1.165, 1.54) is 5.56 Å². The van der Waals surface area contributed by atoms with Crippen molar-refractivity contribution in [3.05, 3.63) is 35.9 Å². The number of aryl methyl sites for hydroxylation is 1. The normalized spacial score (nSPS) is 10.2. The lowest BCUT2D eigenvalue weighted by Gasteiger charge is -2.04. The Morgan fingerprint density at radius 2 is 2.00 bits per heavy atom. The van der Waals surface area contributed by atoms with Gasteiger partial charge in [0.1, 0.15) is 0 Å². The molecule has 94 valence electrons. The summed E-state index contributed by atoms with van der Waals surface area (Å²) in [5, 5.41) is 2.82. The molecule has 0 aliphatic rings. The first-order valence-corrected chi connectivity index (χ1v) is 6.12. The zero-order valence-corrected chi connectivity index (χ0v) is 10.4. The molecule has 0 fully saturated rings. The summed E-state index contributed by atoms with van der Waals surface area (Å²) in [6.45, 7) is 1.18. The Balaban J connectivity index is 2.02. The van der Waals surface area contributed by atoms with Gasteiger partial charge in [-0.3, -0.25) is 4.79 Å². The van der Waals surface area contributed by atoms with E-state index in [1.54, 1.807) is 7.11 Å². The molecule has 0 heterocycles. The summed E-state index contributed by atoms with van der Waals surface area (Å²) >= 11 is 0.